The fraction of sp³-hybridized carbons (Fsp3) is 0.333. The van der Waals surface area contributed by atoms with Gasteiger partial charge in [-0.05, 0) is 54.2 Å². The number of nitrogens with one attached hydrogen (secondary N) is 1. The van der Waals surface area contributed by atoms with Gasteiger partial charge in [0.25, 0.3) is 0 Å². The molecular formula is C18H18FNO. The van der Waals surface area contributed by atoms with Gasteiger partial charge in [0.2, 0.25) is 0 Å². The summed E-state index contributed by atoms with van der Waals surface area (Å²) in [5.74, 6) is 1.29. The number of benzene rings is 2. The molecule has 1 fully saturated rings. The Morgan fingerprint density at radius 1 is 1.10 bits per heavy atom. The van der Waals surface area contributed by atoms with E-state index >= 15 is 0 Å². The van der Waals surface area contributed by atoms with Crippen molar-refractivity contribution in [2.45, 2.75) is 31.2 Å². The number of halogens is 1. The smallest absolute Gasteiger partial charge is 0.126 e. The molecule has 108 valence electrons. The lowest BCUT2D eigenvalue weighted by Crippen LogP contribution is -2.34. The highest BCUT2D eigenvalue weighted by molar-refractivity contribution is 5.53. The number of hydrogen-bond donors (Lipinski definition) is 1. The number of fused-ring (bicyclic) bond motifs is 1. The zero-order valence-electron chi connectivity index (χ0n) is 11.8. The fourth-order valence-electron chi connectivity index (χ4n) is 3.31. The van der Waals surface area contributed by atoms with Crippen LogP contribution in [0.2, 0.25) is 0 Å². The lowest BCUT2D eigenvalue weighted by Gasteiger charge is -2.37. The van der Waals surface area contributed by atoms with E-state index in [0.29, 0.717) is 12.0 Å². The Hall–Kier alpha value is -2.03. The summed E-state index contributed by atoms with van der Waals surface area (Å²) in [6.07, 6.45) is 2.98. The molecule has 0 saturated heterocycles. The van der Waals surface area contributed by atoms with E-state index in [1.807, 2.05) is 18.2 Å². The van der Waals surface area contributed by atoms with E-state index in [-0.39, 0.29) is 5.82 Å². The van der Waals surface area contributed by atoms with E-state index < -0.39 is 0 Å². The number of hydrogen-bond acceptors (Lipinski definition) is 2. The number of rotatable bonds is 3. The third-order valence-electron chi connectivity index (χ3n) is 4.54. The van der Waals surface area contributed by atoms with Gasteiger partial charge in [-0.15, -0.1) is 0 Å². The summed E-state index contributed by atoms with van der Waals surface area (Å²) in [7, 11) is 0. The van der Waals surface area contributed by atoms with Crippen LogP contribution in [0.4, 0.5) is 10.1 Å². The summed E-state index contributed by atoms with van der Waals surface area (Å²) < 4.78 is 19.2. The van der Waals surface area contributed by atoms with Crippen LogP contribution in [0.3, 0.4) is 0 Å². The maximum Gasteiger partial charge on any atom is 0.126 e. The normalized spacial score (nSPS) is 23.1. The van der Waals surface area contributed by atoms with Gasteiger partial charge in [0.15, 0.2) is 0 Å². The van der Waals surface area contributed by atoms with Crippen molar-refractivity contribution in [3.05, 3.63) is 59.4 Å². The van der Waals surface area contributed by atoms with Crippen molar-refractivity contribution in [1.29, 1.82) is 0 Å². The quantitative estimate of drug-likeness (QED) is 0.915. The SMILES string of the molecule is Fc1ccccc1C1CC(Nc2ccc3c(c2)CCO3)C1. The van der Waals surface area contributed by atoms with Crippen LogP contribution >= 0.6 is 0 Å². The van der Waals surface area contributed by atoms with Gasteiger partial charge < -0.3 is 10.1 Å². The van der Waals surface area contributed by atoms with E-state index in [4.69, 9.17) is 4.74 Å². The first-order chi connectivity index (χ1) is 10.3. The molecule has 0 spiro atoms. The Morgan fingerprint density at radius 2 is 1.95 bits per heavy atom. The molecule has 1 aliphatic heterocycles. The second kappa shape index (κ2) is 5.06. The van der Waals surface area contributed by atoms with Crippen LogP contribution in [0.15, 0.2) is 42.5 Å². The highest BCUT2D eigenvalue weighted by atomic mass is 19.1. The van der Waals surface area contributed by atoms with Gasteiger partial charge in [-0.1, -0.05) is 18.2 Å². The number of ether oxygens (including phenoxy) is 1. The topological polar surface area (TPSA) is 21.3 Å². The van der Waals surface area contributed by atoms with Crippen LogP contribution < -0.4 is 10.1 Å². The first-order valence-electron chi connectivity index (χ1n) is 7.56. The maximum atomic E-state index is 13.7. The standard InChI is InChI=1S/C18H18FNO/c19-17-4-2-1-3-16(17)13-10-15(11-13)20-14-5-6-18-12(9-14)7-8-21-18/h1-6,9,13,15,20H,7-8,10-11H2. The molecule has 2 nitrogen and oxygen atoms in total. The van der Waals surface area contributed by atoms with Crippen molar-refractivity contribution in [2.75, 3.05) is 11.9 Å². The van der Waals surface area contributed by atoms with E-state index in [0.717, 1.165) is 42.9 Å². The van der Waals surface area contributed by atoms with Crippen molar-refractivity contribution >= 4 is 5.69 Å². The van der Waals surface area contributed by atoms with Crippen molar-refractivity contribution < 1.29 is 9.13 Å². The summed E-state index contributed by atoms with van der Waals surface area (Å²) in [4.78, 5) is 0. The van der Waals surface area contributed by atoms with Crippen molar-refractivity contribution in [3.63, 3.8) is 0 Å². The molecule has 0 amide bonds. The van der Waals surface area contributed by atoms with Gasteiger partial charge in [-0.25, -0.2) is 4.39 Å². The molecule has 2 aromatic rings. The van der Waals surface area contributed by atoms with Gasteiger partial charge >= 0.3 is 0 Å². The average molecular weight is 283 g/mol. The molecule has 2 aliphatic rings. The minimum absolute atomic E-state index is 0.0735. The lowest BCUT2D eigenvalue weighted by atomic mass is 9.75. The molecule has 21 heavy (non-hydrogen) atoms. The van der Waals surface area contributed by atoms with Crippen LogP contribution in [0, 0.1) is 5.82 Å². The van der Waals surface area contributed by atoms with E-state index in [1.165, 1.54) is 5.56 Å². The summed E-state index contributed by atoms with van der Waals surface area (Å²) in [5.41, 5.74) is 3.29. The van der Waals surface area contributed by atoms with E-state index in [1.54, 1.807) is 12.1 Å². The van der Waals surface area contributed by atoms with Gasteiger partial charge in [0.1, 0.15) is 11.6 Å². The van der Waals surface area contributed by atoms with Crippen molar-refractivity contribution in [3.8, 4) is 5.75 Å². The maximum absolute atomic E-state index is 13.7. The van der Waals surface area contributed by atoms with Crippen LogP contribution in [0.1, 0.15) is 29.9 Å². The monoisotopic (exact) mass is 283 g/mol. The van der Waals surface area contributed by atoms with Crippen molar-refractivity contribution in [2.24, 2.45) is 0 Å². The minimum Gasteiger partial charge on any atom is -0.493 e. The Morgan fingerprint density at radius 3 is 2.81 bits per heavy atom. The van der Waals surface area contributed by atoms with Gasteiger partial charge in [-0.3, -0.25) is 0 Å². The predicted octanol–water partition coefficient (Wildman–Crippen LogP) is 4.12. The Bertz CT molecular complexity index is 664. The molecule has 0 atom stereocenters. The highest BCUT2D eigenvalue weighted by Crippen LogP contribution is 2.40. The summed E-state index contributed by atoms with van der Waals surface area (Å²) in [6.45, 7) is 0.789. The van der Waals surface area contributed by atoms with E-state index in [2.05, 4.69) is 17.4 Å². The molecule has 0 radical (unpaired) electrons. The van der Waals surface area contributed by atoms with Gasteiger partial charge in [0, 0.05) is 18.2 Å². The Kier molecular flexibility index (Phi) is 3.06. The summed E-state index contributed by atoms with van der Waals surface area (Å²) in [6, 6.07) is 13.9. The molecular weight excluding hydrogens is 265 g/mol. The third-order valence-corrected chi connectivity index (χ3v) is 4.54. The Balaban J connectivity index is 1.39. The molecule has 4 rings (SSSR count). The van der Waals surface area contributed by atoms with E-state index in [9.17, 15) is 4.39 Å². The lowest BCUT2D eigenvalue weighted by molar-refractivity contribution is 0.356. The van der Waals surface area contributed by atoms with Crippen LogP contribution in [0.25, 0.3) is 0 Å². The first-order valence-corrected chi connectivity index (χ1v) is 7.56. The molecule has 2 aromatic carbocycles. The molecule has 3 heteroatoms. The zero-order valence-corrected chi connectivity index (χ0v) is 11.8. The predicted molar refractivity (Wildman–Crippen MR) is 81.4 cm³/mol. The molecule has 0 aromatic heterocycles. The van der Waals surface area contributed by atoms with Gasteiger partial charge in [-0.2, -0.15) is 0 Å². The fourth-order valence-corrected chi connectivity index (χ4v) is 3.31. The second-order valence-corrected chi connectivity index (χ2v) is 5.95. The largest absolute Gasteiger partial charge is 0.493 e. The average Bonchev–Trinajstić information content (AvgIpc) is 2.91. The van der Waals surface area contributed by atoms with Crippen molar-refractivity contribution in [1.82, 2.24) is 0 Å². The molecule has 1 saturated carbocycles. The van der Waals surface area contributed by atoms with Crippen LogP contribution in [0.5, 0.6) is 5.75 Å². The molecule has 1 aliphatic carbocycles. The highest BCUT2D eigenvalue weighted by Gasteiger charge is 2.31. The Labute approximate surface area is 123 Å². The number of anilines is 1. The molecule has 0 bridgehead atoms. The minimum atomic E-state index is -0.0735. The summed E-state index contributed by atoms with van der Waals surface area (Å²) >= 11 is 0. The zero-order chi connectivity index (χ0) is 14.2. The second-order valence-electron chi connectivity index (χ2n) is 5.95. The van der Waals surface area contributed by atoms with Gasteiger partial charge in [0.05, 0.1) is 6.61 Å². The first kappa shape index (κ1) is 12.7. The molecule has 0 unspecified atom stereocenters. The summed E-state index contributed by atoms with van der Waals surface area (Å²) in [5, 5.41) is 3.55. The molecule has 1 heterocycles. The third kappa shape index (κ3) is 2.37. The molecule has 1 N–H and O–H groups in total. The van der Waals surface area contributed by atoms with Crippen LogP contribution in [-0.4, -0.2) is 12.6 Å². The van der Waals surface area contributed by atoms with Crippen LogP contribution in [-0.2, 0) is 6.42 Å².